The Morgan fingerprint density at radius 3 is 2.76 bits per heavy atom. The van der Waals surface area contributed by atoms with Crippen LogP contribution in [0.3, 0.4) is 0 Å². The maximum absolute atomic E-state index is 5.96. The smallest absolute Gasteiger partial charge is 0.150 e. The van der Waals surface area contributed by atoms with Gasteiger partial charge in [0.2, 0.25) is 0 Å². The Morgan fingerprint density at radius 2 is 2.10 bits per heavy atom. The second-order valence-corrected chi connectivity index (χ2v) is 7.01. The van der Waals surface area contributed by atoms with Crippen LogP contribution >= 0.6 is 23.2 Å². The minimum atomic E-state index is 0.217. The molecule has 6 heteroatoms. The van der Waals surface area contributed by atoms with Gasteiger partial charge in [-0.2, -0.15) is 0 Å². The van der Waals surface area contributed by atoms with Gasteiger partial charge in [0.1, 0.15) is 16.8 Å². The van der Waals surface area contributed by atoms with Crippen LogP contribution in [0.5, 0.6) is 0 Å². The van der Waals surface area contributed by atoms with Crippen molar-refractivity contribution in [3.8, 4) is 0 Å². The van der Waals surface area contributed by atoms with Crippen molar-refractivity contribution in [3.63, 3.8) is 0 Å². The summed E-state index contributed by atoms with van der Waals surface area (Å²) in [4.78, 5) is 6.82. The third-order valence-corrected chi connectivity index (χ3v) is 5.68. The van der Waals surface area contributed by atoms with E-state index in [1.165, 1.54) is 25.9 Å². The van der Waals surface area contributed by atoms with Crippen LogP contribution in [0, 0.1) is 5.92 Å². The summed E-state index contributed by atoms with van der Waals surface area (Å²) in [6.45, 7) is 3.66. The monoisotopic (exact) mass is 324 g/mol. The first-order chi connectivity index (χ1) is 10.1. The van der Waals surface area contributed by atoms with Crippen LogP contribution in [0.1, 0.15) is 19.3 Å². The van der Waals surface area contributed by atoms with Gasteiger partial charge in [0, 0.05) is 6.54 Å². The zero-order chi connectivity index (χ0) is 14.4. The largest absolute Gasteiger partial charge is 0.365 e. The van der Waals surface area contributed by atoms with E-state index in [2.05, 4.69) is 26.6 Å². The van der Waals surface area contributed by atoms with Gasteiger partial charge in [0.25, 0.3) is 0 Å². The molecule has 0 unspecified atom stereocenters. The summed E-state index contributed by atoms with van der Waals surface area (Å²) < 4.78 is 0. The molecule has 0 aliphatic carbocycles. The summed E-state index contributed by atoms with van der Waals surface area (Å²) in [5.74, 6) is 2.54. The van der Waals surface area contributed by atoms with Gasteiger partial charge in [0.05, 0.1) is 10.6 Å². The molecule has 0 saturated carbocycles. The number of nitrogens with zero attached hydrogens (tertiary/aromatic N) is 2. The molecule has 4 aliphatic heterocycles. The molecular formula is C15H18Cl2N4. The average molecular weight is 325 g/mol. The summed E-state index contributed by atoms with van der Waals surface area (Å²) in [5, 5.41) is 7.84. The zero-order valence-electron chi connectivity index (χ0n) is 11.7. The first-order valence-corrected chi connectivity index (χ1v) is 8.20. The SMILES string of the molecule is Clc1ccc(NC2=CC[C@@]3(CN4CCC3CC4)N2)nc1Cl. The normalized spacial score (nSPS) is 33.9. The van der Waals surface area contributed by atoms with Gasteiger partial charge in [-0.1, -0.05) is 23.2 Å². The lowest BCUT2D eigenvalue weighted by atomic mass is 9.72. The van der Waals surface area contributed by atoms with Gasteiger partial charge in [-0.15, -0.1) is 0 Å². The molecule has 1 atom stereocenters. The van der Waals surface area contributed by atoms with E-state index in [1.807, 2.05) is 6.07 Å². The standard InChI is InChI=1S/C15H18Cl2N4/c16-11-1-2-12(19-14(11)17)18-13-3-6-15(20-13)9-21-7-4-10(15)5-8-21/h1-3,10,20H,4-9H2,(H,18,19)/t15-/m0/s1. The lowest BCUT2D eigenvalue weighted by molar-refractivity contribution is 0.0189. The molecule has 5 heterocycles. The van der Waals surface area contributed by atoms with Crippen LogP contribution in [0.25, 0.3) is 0 Å². The molecule has 2 N–H and O–H groups in total. The Labute approximate surface area is 134 Å². The fourth-order valence-electron chi connectivity index (χ4n) is 3.91. The van der Waals surface area contributed by atoms with Gasteiger partial charge in [-0.05, 0) is 56.5 Å². The number of halogens is 2. The third-order valence-electron chi connectivity index (χ3n) is 4.99. The predicted octanol–water partition coefficient (Wildman–Crippen LogP) is 3.10. The Bertz CT molecular complexity index is 595. The number of hydrogen-bond acceptors (Lipinski definition) is 4. The molecule has 2 bridgehead atoms. The molecule has 112 valence electrons. The Morgan fingerprint density at radius 1 is 1.29 bits per heavy atom. The molecule has 5 rings (SSSR count). The van der Waals surface area contributed by atoms with Crippen LogP contribution in [-0.2, 0) is 0 Å². The predicted molar refractivity (Wildman–Crippen MR) is 85.6 cm³/mol. The van der Waals surface area contributed by atoms with Gasteiger partial charge >= 0.3 is 0 Å². The number of rotatable bonds is 2. The van der Waals surface area contributed by atoms with E-state index in [0.717, 1.165) is 30.5 Å². The highest BCUT2D eigenvalue weighted by Crippen LogP contribution is 2.41. The molecule has 3 saturated heterocycles. The van der Waals surface area contributed by atoms with Gasteiger partial charge < -0.3 is 15.5 Å². The summed E-state index contributed by atoms with van der Waals surface area (Å²) >= 11 is 11.9. The van der Waals surface area contributed by atoms with Crippen molar-refractivity contribution in [2.75, 3.05) is 25.0 Å². The van der Waals surface area contributed by atoms with Crippen molar-refractivity contribution >= 4 is 29.0 Å². The Hall–Kier alpha value is -0.970. The van der Waals surface area contributed by atoms with E-state index >= 15 is 0 Å². The maximum atomic E-state index is 5.96. The lowest BCUT2D eigenvalue weighted by Crippen LogP contribution is -2.64. The van der Waals surface area contributed by atoms with Crippen molar-refractivity contribution in [3.05, 3.63) is 34.2 Å². The number of aromatic nitrogens is 1. The molecule has 3 fully saturated rings. The fourth-order valence-corrected chi connectivity index (χ4v) is 4.17. The van der Waals surface area contributed by atoms with Gasteiger partial charge in [0.15, 0.2) is 0 Å². The van der Waals surface area contributed by atoms with Crippen LogP contribution in [-0.4, -0.2) is 35.1 Å². The van der Waals surface area contributed by atoms with Gasteiger partial charge in [-0.25, -0.2) is 4.98 Å². The van der Waals surface area contributed by atoms with Crippen LogP contribution in [0.15, 0.2) is 24.0 Å². The average Bonchev–Trinajstić information content (AvgIpc) is 2.87. The highest BCUT2D eigenvalue weighted by Gasteiger charge is 2.48. The molecule has 4 aliphatic rings. The summed E-state index contributed by atoms with van der Waals surface area (Å²) in [6.07, 6.45) is 5.93. The molecule has 21 heavy (non-hydrogen) atoms. The van der Waals surface area contributed by atoms with Crippen LogP contribution in [0.4, 0.5) is 5.82 Å². The van der Waals surface area contributed by atoms with Crippen molar-refractivity contribution in [1.82, 2.24) is 15.2 Å². The zero-order valence-corrected chi connectivity index (χ0v) is 13.2. The molecule has 0 radical (unpaired) electrons. The molecule has 4 nitrogen and oxygen atoms in total. The van der Waals surface area contributed by atoms with E-state index in [1.54, 1.807) is 6.07 Å². The van der Waals surface area contributed by atoms with E-state index < -0.39 is 0 Å². The topological polar surface area (TPSA) is 40.2 Å². The maximum Gasteiger partial charge on any atom is 0.150 e. The second kappa shape index (κ2) is 5.04. The third kappa shape index (κ3) is 2.39. The fraction of sp³-hybridized carbons (Fsp3) is 0.533. The van der Waals surface area contributed by atoms with Crippen molar-refractivity contribution in [1.29, 1.82) is 0 Å². The summed E-state index contributed by atoms with van der Waals surface area (Å²) in [5.41, 5.74) is 0.217. The molecular weight excluding hydrogens is 307 g/mol. The molecule has 1 aromatic heterocycles. The second-order valence-electron chi connectivity index (χ2n) is 6.25. The van der Waals surface area contributed by atoms with E-state index in [4.69, 9.17) is 23.2 Å². The van der Waals surface area contributed by atoms with Crippen molar-refractivity contribution < 1.29 is 0 Å². The lowest BCUT2D eigenvalue weighted by Gasteiger charge is -2.52. The number of fused-ring (bicyclic) bond motifs is 2. The minimum Gasteiger partial charge on any atom is -0.365 e. The van der Waals surface area contributed by atoms with Crippen molar-refractivity contribution in [2.24, 2.45) is 5.92 Å². The van der Waals surface area contributed by atoms with E-state index in [9.17, 15) is 0 Å². The van der Waals surface area contributed by atoms with Crippen molar-refractivity contribution in [2.45, 2.75) is 24.8 Å². The number of hydrogen-bond donors (Lipinski definition) is 2. The van der Waals surface area contributed by atoms with Crippen LogP contribution < -0.4 is 10.6 Å². The highest BCUT2D eigenvalue weighted by molar-refractivity contribution is 6.41. The molecule has 0 aromatic carbocycles. The highest BCUT2D eigenvalue weighted by atomic mass is 35.5. The van der Waals surface area contributed by atoms with E-state index in [-0.39, 0.29) is 5.54 Å². The van der Waals surface area contributed by atoms with Crippen LogP contribution in [0.2, 0.25) is 10.2 Å². The first-order valence-electron chi connectivity index (χ1n) is 7.44. The number of piperidine rings is 3. The van der Waals surface area contributed by atoms with E-state index in [0.29, 0.717) is 10.2 Å². The summed E-state index contributed by atoms with van der Waals surface area (Å²) in [6, 6.07) is 3.61. The molecule has 1 spiro atoms. The number of anilines is 1. The molecule has 0 amide bonds. The molecule has 1 aromatic rings. The minimum absolute atomic E-state index is 0.217. The number of pyridine rings is 1. The quantitative estimate of drug-likeness (QED) is 0.820. The van der Waals surface area contributed by atoms with Gasteiger partial charge in [-0.3, -0.25) is 0 Å². The Balaban J connectivity index is 1.47. The summed E-state index contributed by atoms with van der Waals surface area (Å²) in [7, 11) is 0. The first kappa shape index (κ1) is 13.7. The number of nitrogens with one attached hydrogen (secondary N) is 2. The Kier molecular flexibility index (Phi) is 3.28.